The van der Waals surface area contributed by atoms with Crippen LogP contribution in [-0.4, -0.2) is 20.3 Å². The smallest absolute Gasteiger partial charge is 0.392 e. The lowest BCUT2D eigenvalue weighted by Gasteiger charge is -2.08. The predicted octanol–water partition coefficient (Wildman–Crippen LogP) is 1.74. The molecule has 1 aromatic heterocycles. The Bertz CT molecular complexity index is 668. The van der Waals surface area contributed by atoms with Crippen LogP contribution < -0.4 is 5.69 Å². The first-order chi connectivity index (χ1) is 8.71. The van der Waals surface area contributed by atoms with E-state index in [2.05, 4.69) is 0 Å². The fraction of sp³-hybridized carbons (Fsp3) is 0.417. The number of aliphatic hydroxyl groups is 1. The summed E-state index contributed by atoms with van der Waals surface area (Å²) in [5, 5.41) is 9.33. The maximum absolute atomic E-state index is 12.6. The third-order valence-corrected chi connectivity index (χ3v) is 2.92. The van der Waals surface area contributed by atoms with Crippen LogP contribution in [0.15, 0.2) is 23.0 Å². The number of fused-ring (bicyclic) bond motifs is 1. The second kappa shape index (κ2) is 4.41. The van der Waals surface area contributed by atoms with Gasteiger partial charge in [-0.25, -0.2) is 4.79 Å². The van der Waals surface area contributed by atoms with Gasteiger partial charge in [0.25, 0.3) is 0 Å². The number of hydrogen-bond donors (Lipinski definition) is 1. The molecule has 104 valence electrons. The van der Waals surface area contributed by atoms with E-state index in [1.807, 2.05) is 0 Å². The van der Waals surface area contributed by atoms with E-state index in [4.69, 9.17) is 0 Å². The summed E-state index contributed by atoms with van der Waals surface area (Å²) in [4.78, 5) is 11.9. The Hall–Kier alpha value is -1.76. The van der Waals surface area contributed by atoms with E-state index >= 15 is 0 Å². The topological polar surface area (TPSA) is 47.2 Å². The third kappa shape index (κ3) is 2.37. The van der Waals surface area contributed by atoms with Crippen molar-refractivity contribution in [3.8, 4) is 0 Å². The van der Waals surface area contributed by atoms with Crippen LogP contribution in [0.5, 0.6) is 0 Å². The number of hydrogen-bond acceptors (Lipinski definition) is 2. The number of rotatable bonds is 2. The van der Waals surface area contributed by atoms with Gasteiger partial charge >= 0.3 is 11.9 Å². The zero-order valence-electron chi connectivity index (χ0n) is 10.4. The molecule has 1 aromatic carbocycles. The Morgan fingerprint density at radius 2 is 1.95 bits per heavy atom. The first-order valence-corrected chi connectivity index (χ1v) is 5.66. The fourth-order valence-corrected chi connectivity index (χ4v) is 2.02. The van der Waals surface area contributed by atoms with Crippen LogP contribution in [0, 0.1) is 0 Å². The summed E-state index contributed by atoms with van der Waals surface area (Å²) in [5.74, 6) is 0. The van der Waals surface area contributed by atoms with Gasteiger partial charge in [0.1, 0.15) is 0 Å². The lowest BCUT2D eigenvalue weighted by Crippen LogP contribution is -2.26. The molecule has 0 fully saturated rings. The molecule has 1 heterocycles. The van der Waals surface area contributed by atoms with Crippen molar-refractivity contribution in [2.24, 2.45) is 7.05 Å². The van der Waals surface area contributed by atoms with E-state index < -0.39 is 23.5 Å². The first kappa shape index (κ1) is 13.7. The minimum atomic E-state index is -4.45. The molecule has 0 radical (unpaired) electrons. The quantitative estimate of drug-likeness (QED) is 0.906. The highest BCUT2D eigenvalue weighted by atomic mass is 19.4. The molecule has 0 bridgehead atoms. The number of aliphatic hydroxyl groups excluding tert-OH is 1. The van der Waals surface area contributed by atoms with Crippen molar-refractivity contribution in [1.29, 1.82) is 0 Å². The van der Waals surface area contributed by atoms with Crippen LogP contribution in [0.2, 0.25) is 0 Å². The molecule has 1 unspecified atom stereocenters. The summed E-state index contributed by atoms with van der Waals surface area (Å²) in [7, 11) is 1.41. The van der Waals surface area contributed by atoms with E-state index in [1.165, 1.54) is 24.6 Å². The van der Waals surface area contributed by atoms with Crippen LogP contribution in [-0.2, 0) is 19.8 Å². The van der Waals surface area contributed by atoms with Crippen molar-refractivity contribution in [1.82, 2.24) is 9.13 Å². The van der Waals surface area contributed by atoms with E-state index in [-0.39, 0.29) is 12.1 Å². The van der Waals surface area contributed by atoms with Crippen molar-refractivity contribution in [3.63, 3.8) is 0 Å². The molecule has 19 heavy (non-hydrogen) atoms. The van der Waals surface area contributed by atoms with Gasteiger partial charge in [0.05, 0.1) is 29.2 Å². The molecule has 7 heteroatoms. The van der Waals surface area contributed by atoms with Crippen LogP contribution in [0.1, 0.15) is 12.5 Å². The first-order valence-electron chi connectivity index (χ1n) is 5.66. The molecule has 1 N–H and O–H groups in total. The standard InChI is InChI=1S/C12H13F3N2O2/c1-7(18)6-17-9-4-3-8(12(13,14)15)5-10(9)16(2)11(17)19/h3-5,7,18H,6H2,1-2H3. The molecule has 0 amide bonds. The molecule has 0 saturated carbocycles. The number of aryl methyl sites for hydroxylation is 1. The van der Waals surface area contributed by atoms with Gasteiger partial charge in [-0.3, -0.25) is 9.13 Å². The van der Waals surface area contributed by atoms with Crippen LogP contribution in [0.4, 0.5) is 13.2 Å². The molecule has 0 aliphatic heterocycles. The molecular weight excluding hydrogens is 261 g/mol. The van der Waals surface area contributed by atoms with Gasteiger partial charge in [0, 0.05) is 7.05 Å². The largest absolute Gasteiger partial charge is 0.416 e. The molecule has 2 aromatic rings. The highest BCUT2D eigenvalue weighted by molar-refractivity contribution is 5.77. The summed E-state index contributed by atoms with van der Waals surface area (Å²) in [6.07, 6.45) is -5.21. The zero-order valence-corrected chi connectivity index (χ0v) is 10.4. The molecule has 0 aliphatic rings. The van der Waals surface area contributed by atoms with Crippen molar-refractivity contribution in [2.75, 3.05) is 0 Å². The number of halogens is 3. The number of imidazole rings is 1. The SMILES string of the molecule is CC(O)Cn1c(=O)n(C)c2cc(C(F)(F)F)ccc21. The summed E-state index contributed by atoms with van der Waals surface area (Å²) in [5.41, 5.74) is -0.679. The van der Waals surface area contributed by atoms with E-state index in [9.17, 15) is 23.1 Å². The number of alkyl halides is 3. The third-order valence-electron chi connectivity index (χ3n) is 2.92. The summed E-state index contributed by atoms with van der Waals surface area (Å²) < 4.78 is 40.3. The van der Waals surface area contributed by atoms with Gasteiger partial charge in [-0.1, -0.05) is 0 Å². The summed E-state index contributed by atoms with van der Waals surface area (Å²) >= 11 is 0. The normalized spacial score (nSPS) is 14.0. The molecule has 2 rings (SSSR count). The molecule has 0 aliphatic carbocycles. The Morgan fingerprint density at radius 3 is 2.47 bits per heavy atom. The summed E-state index contributed by atoms with van der Waals surface area (Å²) in [6.45, 7) is 1.55. The predicted molar refractivity (Wildman–Crippen MR) is 63.9 cm³/mol. The minimum absolute atomic E-state index is 0.0432. The van der Waals surface area contributed by atoms with Gasteiger partial charge in [-0.2, -0.15) is 13.2 Å². The van der Waals surface area contributed by atoms with Crippen LogP contribution in [0.25, 0.3) is 11.0 Å². The number of aromatic nitrogens is 2. The van der Waals surface area contributed by atoms with E-state index in [1.54, 1.807) is 0 Å². The number of nitrogens with zero attached hydrogens (tertiary/aromatic N) is 2. The Morgan fingerprint density at radius 1 is 1.32 bits per heavy atom. The lowest BCUT2D eigenvalue weighted by atomic mass is 10.2. The van der Waals surface area contributed by atoms with Crippen molar-refractivity contribution in [2.45, 2.75) is 25.7 Å². The second-order valence-corrected chi connectivity index (χ2v) is 4.50. The van der Waals surface area contributed by atoms with E-state index in [0.29, 0.717) is 5.52 Å². The average Bonchev–Trinajstić information content (AvgIpc) is 2.53. The van der Waals surface area contributed by atoms with Gasteiger partial charge in [0.15, 0.2) is 0 Å². The Labute approximate surface area is 106 Å². The maximum atomic E-state index is 12.6. The lowest BCUT2D eigenvalue weighted by molar-refractivity contribution is -0.137. The van der Waals surface area contributed by atoms with Crippen molar-refractivity contribution in [3.05, 3.63) is 34.2 Å². The molecular formula is C12H13F3N2O2. The molecule has 4 nitrogen and oxygen atoms in total. The monoisotopic (exact) mass is 274 g/mol. The maximum Gasteiger partial charge on any atom is 0.416 e. The Kier molecular flexibility index (Phi) is 3.17. The van der Waals surface area contributed by atoms with Gasteiger partial charge in [-0.15, -0.1) is 0 Å². The molecule has 0 spiro atoms. The van der Waals surface area contributed by atoms with Crippen molar-refractivity contribution < 1.29 is 18.3 Å². The van der Waals surface area contributed by atoms with Crippen molar-refractivity contribution >= 4 is 11.0 Å². The molecule has 1 atom stereocenters. The highest BCUT2D eigenvalue weighted by Crippen LogP contribution is 2.31. The summed E-state index contributed by atoms with van der Waals surface area (Å²) in [6, 6.07) is 3.12. The zero-order chi connectivity index (χ0) is 14.4. The van der Waals surface area contributed by atoms with E-state index in [0.717, 1.165) is 16.7 Å². The minimum Gasteiger partial charge on any atom is -0.392 e. The Balaban J connectivity index is 2.69. The van der Waals surface area contributed by atoms with Crippen LogP contribution >= 0.6 is 0 Å². The second-order valence-electron chi connectivity index (χ2n) is 4.50. The molecule has 0 saturated heterocycles. The van der Waals surface area contributed by atoms with Gasteiger partial charge < -0.3 is 5.11 Å². The fourth-order valence-electron chi connectivity index (χ4n) is 2.02. The highest BCUT2D eigenvalue weighted by Gasteiger charge is 2.31. The average molecular weight is 274 g/mol. The number of benzene rings is 1. The van der Waals surface area contributed by atoms with Gasteiger partial charge in [-0.05, 0) is 25.1 Å². The van der Waals surface area contributed by atoms with Crippen LogP contribution in [0.3, 0.4) is 0 Å². The van der Waals surface area contributed by atoms with Gasteiger partial charge in [0.2, 0.25) is 0 Å².